The summed E-state index contributed by atoms with van der Waals surface area (Å²) in [7, 11) is 0. The molecule has 0 bridgehead atoms. The van der Waals surface area contributed by atoms with Crippen LogP contribution in [-0.4, -0.2) is 28.6 Å². The van der Waals surface area contributed by atoms with Gasteiger partial charge in [0.05, 0.1) is 6.61 Å². The van der Waals surface area contributed by atoms with Crippen molar-refractivity contribution in [3.63, 3.8) is 0 Å². The van der Waals surface area contributed by atoms with Crippen molar-refractivity contribution in [1.29, 1.82) is 0 Å². The Morgan fingerprint density at radius 1 is 1.11 bits per heavy atom. The van der Waals surface area contributed by atoms with E-state index in [0.717, 1.165) is 24.3 Å². The second-order valence-corrected chi connectivity index (χ2v) is 6.74. The normalized spacial score (nSPS) is 10.6. The maximum absolute atomic E-state index is 12.5. The van der Waals surface area contributed by atoms with Crippen molar-refractivity contribution in [2.24, 2.45) is 0 Å². The van der Waals surface area contributed by atoms with Crippen LogP contribution in [0.4, 0.5) is 0 Å². The molecule has 1 heterocycles. The van der Waals surface area contributed by atoms with Crippen molar-refractivity contribution in [2.75, 3.05) is 13.2 Å². The fourth-order valence-electron chi connectivity index (χ4n) is 2.61. The van der Waals surface area contributed by atoms with Crippen molar-refractivity contribution in [3.8, 4) is 11.4 Å². The van der Waals surface area contributed by atoms with E-state index >= 15 is 0 Å². The number of amides is 1. The molecule has 0 spiro atoms. The Morgan fingerprint density at radius 2 is 1.85 bits per heavy atom. The van der Waals surface area contributed by atoms with Gasteiger partial charge in [-0.1, -0.05) is 29.8 Å². The van der Waals surface area contributed by atoms with Gasteiger partial charge in [-0.05, 0) is 61.5 Å². The van der Waals surface area contributed by atoms with Gasteiger partial charge in [0, 0.05) is 23.5 Å². The number of aromatic amines is 1. The predicted octanol–water partition coefficient (Wildman–Crippen LogP) is 4.78. The van der Waals surface area contributed by atoms with Gasteiger partial charge in [-0.2, -0.15) is 0 Å². The molecule has 3 rings (SSSR count). The van der Waals surface area contributed by atoms with Crippen LogP contribution < -0.4 is 10.1 Å². The first kappa shape index (κ1) is 19.2. The molecule has 0 saturated carbocycles. The highest BCUT2D eigenvalue weighted by Gasteiger charge is 2.13. The summed E-state index contributed by atoms with van der Waals surface area (Å²) in [6.45, 7) is 1.15. The minimum absolute atomic E-state index is 0.162. The van der Waals surface area contributed by atoms with Crippen molar-refractivity contribution < 1.29 is 9.53 Å². The van der Waals surface area contributed by atoms with Crippen molar-refractivity contribution in [2.45, 2.75) is 12.8 Å². The molecule has 1 aromatic heterocycles. The number of carbonyl (C=O) groups is 1. The van der Waals surface area contributed by atoms with Gasteiger partial charge in [0.2, 0.25) is 0 Å². The van der Waals surface area contributed by atoms with Crippen LogP contribution in [-0.2, 0) is 0 Å². The Balaban J connectivity index is 1.46. The molecule has 5 nitrogen and oxygen atoms in total. The molecule has 0 atom stereocenters. The van der Waals surface area contributed by atoms with Crippen LogP contribution in [0.3, 0.4) is 0 Å². The number of unbranched alkanes of at least 4 members (excludes halogenated alkanes) is 1. The average Bonchev–Trinajstić information content (AvgIpc) is 3.08. The van der Waals surface area contributed by atoms with E-state index in [4.69, 9.17) is 28.6 Å². The number of rotatable bonds is 8. The first-order chi connectivity index (χ1) is 13.1. The van der Waals surface area contributed by atoms with Gasteiger partial charge >= 0.3 is 0 Å². The second-order valence-electron chi connectivity index (χ2n) is 5.92. The van der Waals surface area contributed by atoms with E-state index in [-0.39, 0.29) is 5.91 Å². The van der Waals surface area contributed by atoms with Crippen LogP contribution in [0.2, 0.25) is 5.02 Å². The predicted molar refractivity (Wildman–Crippen MR) is 109 cm³/mol. The molecule has 27 heavy (non-hydrogen) atoms. The van der Waals surface area contributed by atoms with Crippen LogP contribution in [0.1, 0.15) is 23.3 Å². The molecule has 0 aliphatic rings. The third-order valence-corrected chi connectivity index (χ3v) is 4.51. The minimum Gasteiger partial charge on any atom is -0.494 e. The number of para-hydroxylation sites is 1. The molecule has 0 radical (unpaired) electrons. The third-order valence-electron chi connectivity index (χ3n) is 3.96. The van der Waals surface area contributed by atoms with Gasteiger partial charge in [0.25, 0.3) is 5.91 Å². The molecule has 0 fully saturated rings. The number of nitrogens with zero attached hydrogens (tertiary/aromatic N) is 1. The quantitative estimate of drug-likeness (QED) is 0.422. The molecular weight excluding hydrogens is 382 g/mol. The molecule has 7 heteroatoms. The second kappa shape index (κ2) is 9.39. The van der Waals surface area contributed by atoms with E-state index < -0.39 is 0 Å². The molecule has 140 valence electrons. The van der Waals surface area contributed by atoms with Crippen LogP contribution in [0.15, 0.2) is 60.8 Å². The standard InChI is InChI=1S/C20H20ClN3O2S/c21-15-8-10-17(11-9-15)26-13-5-4-12-22-19(25)18-14-23-20(27)24(18)16-6-2-1-3-7-16/h1-3,6-11,14H,4-5,12-13H2,(H,22,25)(H,23,27). The van der Waals surface area contributed by atoms with Gasteiger partial charge in [-0.3, -0.25) is 9.36 Å². The molecule has 0 aliphatic carbocycles. The molecule has 1 amide bonds. The third kappa shape index (κ3) is 5.21. The number of nitrogens with one attached hydrogen (secondary N) is 2. The van der Waals surface area contributed by atoms with Gasteiger partial charge in [-0.25, -0.2) is 0 Å². The lowest BCUT2D eigenvalue weighted by molar-refractivity contribution is 0.0945. The van der Waals surface area contributed by atoms with E-state index in [1.165, 1.54) is 0 Å². The fraction of sp³-hybridized carbons (Fsp3) is 0.200. The van der Waals surface area contributed by atoms with E-state index in [1.54, 1.807) is 22.9 Å². The Kier molecular flexibility index (Phi) is 6.68. The Morgan fingerprint density at radius 3 is 2.59 bits per heavy atom. The van der Waals surface area contributed by atoms with Gasteiger partial charge < -0.3 is 15.0 Å². The van der Waals surface area contributed by atoms with E-state index in [1.807, 2.05) is 42.5 Å². The molecule has 2 N–H and O–H groups in total. The van der Waals surface area contributed by atoms with Crippen LogP contribution in [0, 0.1) is 4.77 Å². The Hall–Kier alpha value is -2.57. The Bertz CT molecular complexity index is 936. The summed E-state index contributed by atoms with van der Waals surface area (Å²) in [5.74, 6) is 0.627. The van der Waals surface area contributed by atoms with Crippen molar-refractivity contribution >= 4 is 29.7 Å². The maximum Gasteiger partial charge on any atom is 0.269 e. The summed E-state index contributed by atoms with van der Waals surface area (Å²) in [5.41, 5.74) is 1.34. The van der Waals surface area contributed by atoms with Gasteiger partial charge in [0.15, 0.2) is 4.77 Å². The molecule has 2 aromatic carbocycles. The summed E-state index contributed by atoms with van der Waals surface area (Å²) in [6, 6.07) is 16.8. The number of hydrogen-bond donors (Lipinski definition) is 2. The average molecular weight is 402 g/mol. The van der Waals surface area contributed by atoms with E-state index in [9.17, 15) is 4.79 Å². The zero-order chi connectivity index (χ0) is 19.1. The fourth-order valence-corrected chi connectivity index (χ4v) is 3.00. The summed E-state index contributed by atoms with van der Waals surface area (Å²) in [6.07, 6.45) is 3.28. The SMILES string of the molecule is O=C(NCCCCOc1ccc(Cl)cc1)c1c[nH]c(=S)n1-c1ccccc1. The first-order valence-electron chi connectivity index (χ1n) is 8.67. The Labute approximate surface area is 167 Å². The maximum atomic E-state index is 12.5. The highest BCUT2D eigenvalue weighted by Crippen LogP contribution is 2.16. The number of H-pyrrole nitrogens is 1. The lowest BCUT2D eigenvalue weighted by atomic mass is 10.3. The smallest absolute Gasteiger partial charge is 0.269 e. The summed E-state index contributed by atoms with van der Waals surface area (Å²) < 4.78 is 7.86. The summed E-state index contributed by atoms with van der Waals surface area (Å²) in [4.78, 5) is 15.4. The van der Waals surface area contributed by atoms with E-state index in [0.29, 0.717) is 28.6 Å². The van der Waals surface area contributed by atoms with E-state index in [2.05, 4.69) is 10.3 Å². The zero-order valence-electron chi connectivity index (χ0n) is 14.7. The lowest BCUT2D eigenvalue weighted by Crippen LogP contribution is -2.26. The monoisotopic (exact) mass is 401 g/mol. The number of aromatic nitrogens is 2. The number of halogens is 1. The van der Waals surface area contributed by atoms with Crippen molar-refractivity contribution in [1.82, 2.24) is 14.9 Å². The number of benzene rings is 2. The van der Waals surface area contributed by atoms with Gasteiger partial charge in [-0.15, -0.1) is 0 Å². The van der Waals surface area contributed by atoms with Crippen LogP contribution >= 0.6 is 23.8 Å². The highest BCUT2D eigenvalue weighted by molar-refractivity contribution is 7.71. The van der Waals surface area contributed by atoms with Crippen LogP contribution in [0.5, 0.6) is 5.75 Å². The molecular formula is C20H20ClN3O2S. The topological polar surface area (TPSA) is 59.0 Å². The van der Waals surface area contributed by atoms with Crippen molar-refractivity contribution in [3.05, 3.63) is 76.3 Å². The number of ether oxygens (including phenoxy) is 1. The number of carbonyl (C=O) groups excluding carboxylic acids is 1. The first-order valence-corrected chi connectivity index (χ1v) is 9.46. The van der Waals surface area contributed by atoms with Gasteiger partial charge in [0.1, 0.15) is 11.4 Å². The largest absolute Gasteiger partial charge is 0.494 e. The number of hydrogen-bond acceptors (Lipinski definition) is 3. The zero-order valence-corrected chi connectivity index (χ0v) is 16.2. The lowest BCUT2D eigenvalue weighted by Gasteiger charge is -2.09. The molecule has 3 aromatic rings. The number of imidazole rings is 1. The molecule has 0 unspecified atom stereocenters. The molecule has 0 aliphatic heterocycles. The molecule has 0 saturated heterocycles. The minimum atomic E-state index is -0.162. The summed E-state index contributed by atoms with van der Waals surface area (Å²) >= 11 is 11.1. The van der Waals surface area contributed by atoms with Crippen LogP contribution in [0.25, 0.3) is 5.69 Å². The summed E-state index contributed by atoms with van der Waals surface area (Å²) in [5, 5.41) is 3.61. The highest BCUT2D eigenvalue weighted by atomic mass is 35.5.